The molecule has 0 fully saturated rings. The third-order valence-electron chi connectivity index (χ3n) is 16.4. The molecule has 2 N–H and O–H groups in total. The quantitative estimate of drug-likeness (QED) is 0.0817. The van der Waals surface area contributed by atoms with Crippen LogP contribution in [0.15, 0.2) is 160 Å². The van der Waals surface area contributed by atoms with E-state index in [1.165, 1.54) is 13.8 Å². The van der Waals surface area contributed by atoms with Crippen molar-refractivity contribution in [3.8, 4) is 22.9 Å². The van der Waals surface area contributed by atoms with Crippen LogP contribution < -0.4 is 31.2 Å². The summed E-state index contributed by atoms with van der Waals surface area (Å²) in [6.07, 6.45) is 6.66. The highest BCUT2D eigenvalue weighted by molar-refractivity contribution is 9.10. The van der Waals surface area contributed by atoms with Gasteiger partial charge in [0.15, 0.2) is 11.6 Å². The SMILES string of the molecule is CNC(=O)c1ccc(-n2c(=O)c3c(n4ncc(CCc5ccc(OCC(C)=O)cc5)c24)CN(C(=O)c2ccc(Br)c(Cl)c2)CC3)cc1.CNC(=O)c1ccc(-n2c(=O)c3c(n4ncc(CCc5ccc(OCC(C)=O)cc5)c24)CN(C(=O)c2ccc(Cl)c(Cl)c2)CC3)cc1. The fraction of sp³-hybridized carbons (Fsp3) is 0.229. The normalized spacial score (nSPS) is 12.6. The third kappa shape index (κ3) is 14.1. The first kappa shape index (κ1) is 65.8. The first-order valence-electron chi connectivity index (χ1n) is 30.1. The summed E-state index contributed by atoms with van der Waals surface area (Å²) in [6, 6.07) is 38.7. The second-order valence-corrected chi connectivity index (χ2v) is 24.8. The number of fused-ring (bicyclic) bond motifs is 6. The smallest absolute Gasteiger partial charge is 0.261 e. The standard InChI is InChI=1S/C35H31BrClN5O5.C35H31Cl2N5O5/c2*1-21(43)20-47-27-12-4-22(5-13-27)3-6-25-18-39-42-31-19-40(34(45)24-9-14-29(36)30(37)17-24)16-15-28(31)35(46)41(33(25)42)26-10-7-23(8-11-26)32(44)38-2/h2*4-5,7-14,17-18H,3,6,15-16,19-20H2,1-2H3,(H,38,44). The number of aryl methyl sites for hydroxylation is 4. The van der Waals surface area contributed by atoms with Gasteiger partial charge in [0.2, 0.25) is 0 Å². The fourth-order valence-electron chi connectivity index (χ4n) is 11.5. The Bertz CT molecular complexity index is 4440. The highest BCUT2D eigenvalue weighted by Crippen LogP contribution is 2.31. The monoisotopic (exact) mass is 1390 g/mol. The van der Waals surface area contributed by atoms with E-state index in [1.54, 1.807) is 139 Å². The molecule has 24 heteroatoms. The van der Waals surface area contributed by atoms with Gasteiger partial charge in [-0.3, -0.25) is 47.5 Å². The van der Waals surface area contributed by atoms with Gasteiger partial charge in [-0.15, -0.1) is 0 Å². The minimum Gasteiger partial charge on any atom is -0.486 e. The van der Waals surface area contributed by atoms with Gasteiger partial charge in [0.05, 0.1) is 63.3 Å². The number of nitrogens with zero attached hydrogens (tertiary/aromatic N) is 8. The van der Waals surface area contributed by atoms with Crippen molar-refractivity contribution in [3.05, 3.63) is 253 Å². The molecular formula is C70H62BrCl3N10O10. The maximum Gasteiger partial charge on any atom is 0.261 e. The zero-order valence-electron chi connectivity index (χ0n) is 51.5. The summed E-state index contributed by atoms with van der Waals surface area (Å²) in [4.78, 5) is 106. The molecule has 94 heavy (non-hydrogen) atoms. The van der Waals surface area contributed by atoms with E-state index in [0.29, 0.717) is 145 Å². The second-order valence-electron chi connectivity index (χ2n) is 22.7. The van der Waals surface area contributed by atoms with Crippen LogP contribution in [0.2, 0.25) is 15.1 Å². The van der Waals surface area contributed by atoms with E-state index in [1.807, 2.05) is 48.5 Å². The average molecular weight is 1390 g/mol. The molecule has 2 aliphatic heterocycles. The average Bonchev–Trinajstić information content (AvgIpc) is 1.44. The summed E-state index contributed by atoms with van der Waals surface area (Å²) in [7, 11) is 3.13. The van der Waals surface area contributed by atoms with Crippen molar-refractivity contribution in [2.24, 2.45) is 0 Å². The number of aromatic nitrogens is 6. The number of hydrogen-bond donors (Lipinski definition) is 2. The van der Waals surface area contributed by atoms with E-state index >= 15 is 0 Å². The molecule has 0 saturated heterocycles. The van der Waals surface area contributed by atoms with Crippen LogP contribution in [-0.2, 0) is 61.2 Å². The lowest BCUT2D eigenvalue weighted by atomic mass is 10.0. The molecule has 0 saturated carbocycles. The van der Waals surface area contributed by atoms with Crippen LogP contribution in [0, 0.1) is 0 Å². The molecule has 4 aromatic heterocycles. The highest BCUT2D eigenvalue weighted by atomic mass is 79.9. The van der Waals surface area contributed by atoms with E-state index in [9.17, 15) is 38.4 Å². The molecule has 0 spiro atoms. The number of halogens is 4. The summed E-state index contributed by atoms with van der Waals surface area (Å²) in [6.45, 7) is 4.07. The van der Waals surface area contributed by atoms with Crippen LogP contribution in [0.5, 0.6) is 11.5 Å². The molecule has 0 aliphatic carbocycles. The van der Waals surface area contributed by atoms with E-state index in [2.05, 4.69) is 26.6 Å². The minimum absolute atomic E-state index is 0.0180. The van der Waals surface area contributed by atoms with E-state index < -0.39 is 0 Å². The third-order valence-corrected chi connectivity index (χ3v) is 18.3. The van der Waals surface area contributed by atoms with Gasteiger partial charge in [-0.05, 0) is 189 Å². The molecule has 480 valence electrons. The molecule has 12 rings (SSSR count). The van der Waals surface area contributed by atoms with Crippen molar-refractivity contribution in [1.82, 2.24) is 48.8 Å². The van der Waals surface area contributed by atoms with Crippen molar-refractivity contribution in [1.29, 1.82) is 0 Å². The molecule has 10 aromatic rings. The molecule has 2 aliphatic rings. The summed E-state index contributed by atoms with van der Waals surface area (Å²) in [5.41, 5.74) is 10.0. The molecule has 6 heterocycles. The molecule has 4 amide bonds. The Kier molecular flexibility index (Phi) is 20.1. The van der Waals surface area contributed by atoms with E-state index in [-0.39, 0.29) is 77.6 Å². The van der Waals surface area contributed by atoms with Gasteiger partial charge in [0, 0.05) is 76.2 Å². The molecule has 6 aromatic carbocycles. The molecular weight excluding hydrogens is 1330 g/mol. The number of carbonyl (C=O) groups excluding carboxylic acids is 6. The number of Topliss-reactive ketones (excluding diaryl/α,β-unsaturated/α-hetero) is 2. The molecule has 0 atom stereocenters. The number of rotatable bonds is 18. The van der Waals surface area contributed by atoms with E-state index in [4.69, 9.17) is 54.5 Å². The predicted molar refractivity (Wildman–Crippen MR) is 361 cm³/mol. The van der Waals surface area contributed by atoms with Crippen LogP contribution in [0.3, 0.4) is 0 Å². The summed E-state index contributed by atoms with van der Waals surface area (Å²) < 4.78 is 18.5. The lowest BCUT2D eigenvalue weighted by Gasteiger charge is -2.30. The Hall–Kier alpha value is -9.67. The topological polar surface area (TPSA) is 230 Å². The Morgan fingerprint density at radius 3 is 1.28 bits per heavy atom. The second kappa shape index (κ2) is 28.7. The Labute approximate surface area is 562 Å². The van der Waals surface area contributed by atoms with Crippen molar-refractivity contribution in [2.45, 2.75) is 65.5 Å². The predicted octanol–water partition coefficient (Wildman–Crippen LogP) is 10.3. The first-order valence-corrected chi connectivity index (χ1v) is 32.0. The van der Waals surface area contributed by atoms with E-state index in [0.717, 1.165) is 22.3 Å². The number of benzene rings is 6. The summed E-state index contributed by atoms with van der Waals surface area (Å²) in [5.74, 6) is 0.262. The largest absolute Gasteiger partial charge is 0.486 e. The van der Waals surface area contributed by atoms with Crippen LogP contribution >= 0.6 is 50.7 Å². The van der Waals surface area contributed by atoms with Gasteiger partial charge < -0.3 is 29.9 Å². The fourth-order valence-corrected chi connectivity index (χ4v) is 12.2. The number of ether oxygens (including phenoxy) is 2. The van der Waals surface area contributed by atoms with Crippen molar-refractivity contribution in [2.75, 3.05) is 40.4 Å². The molecule has 0 bridgehead atoms. The maximum absolute atomic E-state index is 14.3. The van der Waals surface area contributed by atoms with Gasteiger partial charge in [-0.2, -0.15) is 10.2 Å². The zero-order valence-corrected chi connectivity index (χ0v) is 55.4. The van der Waals surface area contributed by atoms with Gasteiger partial charge >= 0.3 is 0 Å². The van der Waals surface area contributed by atoms with Gasteiger partial charge in [0.1, 0.15) is 36.0 Å². The maximum atomic E-state index is 14.3. The summed E-state index contributed by atoms with van der Waals surface area (Å²) >= 11 is 21.9. The van der Waals surface area contributed by atoms with Gasteiger partial charge in [0.25, 0.3) is 34.7 Å². The molecule has 0 unspecified atom stereocenters. The summed E-state index contributed by atoms with van der Waals surface area (Å²) in [5, 5.41) is 15.8. The number of ketones is 2. The van der Waals surface area contributed by atoms with Crippen molar-refractivity contribution < 1.29 is 38.2 Å². The van der Waals surface area contributed by atoms with Gasteiger partial charge in [-0.1, -0.05) is 59.1 Å². The van der Waals surface area contributed by atoms with Crippen LogP contribution in [0.25, 0.3) is 22.7 Å². The molecule has 20 nitrogen and oxygen atoms in total. The lowest BCUT2D eigenvalue weighted by Crippen LogP contribution is -2.41. The lowest BCUT2D eigenvalue weighted by molar-refractivity contribution is -0.119. The number of amides is 4. The number of carbonyl (C=O) groups is 6. The molecule has 0 radical (unpaired) electrons. The van der Waals surface area contributed by atoms with Crippen LogP contribution in [0.4, 0.5) is 0 Å². The van der Waals surface area contributed by atoms with Crippen molar-refractivity contribution in [3.63, 3.8) is 0 Å². The first-order chi connectivity index (χ1) is 45.3. The Morgan fingerprint density at radius 1 is 0.500 bits per heavy atom. The highest BCUT2D eigenvalue weighted by Gasteiger charge is 2.32. The van der Waals surface area contributed by atoms with Crippen LogP contribution in [-0.4, -0.2) is 114 Å². The Morgan fingerprint density at radius 2 is 0.894 bits per heavy atom. The Balaban J connectivity index is 0.000000192. The minimum atomic E-state index is -0.228. The number of nitrogens with one attached hydrogen (secondary N) is 2. The van der Waals surface area contributed by atoms with Gasteiger partial charge in [-0.25, -0.2) is 9.03 Å². The van der Waals surface area contributed by atoms with Crippen LogP contribution in [0.1, 0.15) is 100 Å². The zero-order chi connectivity index (χ0) is 66.5. The number of hydrogen-bond acceptors (Lipinski definition) is 12. The van der Waals surface area contributed by atoms with Crippen molar-refractivity contribution >= 4 is 97.2 Å².